The van der Waals surface area contributed by atoms with E-state index in [1.54, 1.807) is 0 Å². The van der Waals surface area contributed by atoms with Crippen LogP contribution in [-0.2, 0) is 23.7 Å². The van der Waals surface area contributed by atoms with Crippen molar-refractivity contribution in [2.75, 3.05) is 6.61 Å². The second-order valence-corrected chi connectivity index (χ2v) is 12.7. The summed E-state index contributed by atoms with van der Waals surface area (Å²) in [6.45, 7) is 16.7. The van der Waals surface area contributed by atoms with Crippen LogP contribution >= 0.6 is 0 Å². The lowest BCUT2D eigenvalue weighted by Crippen LogP contribution is -2.68. The Morgan fingerprint density at radius 1 is 0.968 bits per heavy atom. The molecule has 4 aliphatic heterocycles. The van der Waals surface area contributed by atoms with Gasteiger partial charge in [0.2, 0.25) is 0 Å². The summed E-state index contributed by atoms with van der Waals surface area (Å²) in [5.41, 5.74) is 1.53. The number of fused-ring (bicyclic) bond motifs is 4. The highest BCUT2D eigenvalue weighted by Crippen LogP contribution is 2.85. The number of ether oxygens (including phenoxy) is 4. The molecule has 0 aromatic rings. The van der Waals surface area contributed by atoms with Gasteiger partial charge in [-0.1, -0.05) is 48.5 Å². The van der Waals surface area contributed by atoms with Crippen LogP contribution in [-0.4, -0.2) is 47.7 Å². The largest absolute Gasteiger partial charge is 0.458 e. The average molecular weight is 429 g/mol. The summed E-state index contributed by atoms with van der Waals surface area (Å²) in [7, 11) is 0. The molecule has 5 fully saturated rings. The SMILES string of the molecule is CC(C)C1C[C@@]2(C)[C@@H](C[C@@H]3O[C@@]34C(C(C)C)[C@@]3(C(C)C)O[C@H]3[C@@H]3O[C@]324)C2=C1C(=O)OC2. The molecule has 0 amide bonds. The maximum Gasteiger partial charge on any atom is 0.334 e. The number of hydrogen-bond acceptors (Lipinski definition) is 5. The van der Waals surface area contributed by atoms with Crippen molar-refractivity contribution in [1.29, 1.82) is 0 Å². The van der Waals surface area contributed by atoms with Crippen molar-refractivity contribution >= 4 is 5.97 Å². The molecule has 0 bridgehead atoms. The van der Waals surface area contributed by atoms with Crippen molar-refractivity contribution in [2.45, 2.75) is 96.4 Å². The van der Waals surface area contributed by atoms with Crippen LogP contribution in [0.15, 0.2) is 11.1 Å². The third-order valence-electron chi connectivity index (χ3n) is 10.7. The minimum absolute atomic E-state index is 0.0609. The molecule has 5 nitrogen and oxygen atoms in total. The van der Waals surface area contributed by atoms with E-state index in [1.807, 2.05) is 0 Å². The average Bonchev–Trinajstić information content (AvgIpc) is 3.58. The van der Waals surface area contributed by atoms with Gasteiger partial charge in [0, 0.05) is 16.9 Å². The Kier molecular flexibility index (Phi) is 3.31. The zero-order valence-electron chi connectivity index (χ0n) is 19.9. The van der Waals surface area contributed by atoms with Crippen molar-refractivity contribution in [2.24, 2.45) is 40.9 Å². The van der Waals surface area contributed by atoms with Crippen LogP contribution in [0.2, 0.25) is 0 Å². The molecule has 7 rings (SSSR count). The molecule has 170 valence electrons. The highest BCUT2D eigenvalue weighted by Gasteiger charge is 3.00. The van der Waals surface area contributed by atoms with E-state index >= 15 is 0 Å². The minimum Gasteiger partial charge on any atom is -0.458 e. The van der Waals surface area contributed by atoms with Gasteiger partial charge in [0.25, 0.3) is 0 Å². The molecule has 0 N–H and O–H groups in total. The number of esters is 1. The summed E-state index contributed by atoms with van der Waals surface area (Å²) in [6.07, 6.45) is 2.46. The lowest BCUT2D eigenvalue weighted by atomic mass is 9.43. The van der Waals surface area contributed by atoms with E-state index in [2.05, 4.69) is 48.5 Å². The predicted molar refractivity (Wildman–Crippen MR) is 113 cm³/mol. The first-order valence-electron chi connectivity index (χ1n) is 12.5. The van der Waals surface area contributed by atoms with Gasteiger partial charge < -0.3 is 18.9 Å². The summed E-state index contributed by atoms with van der Waals surface area (Å²) in [5.74, 6) is 2.10. The fraction of sp³-hybridized carbons (Fsp3) is 0.885. The van der Waals surface area contributed by atoms with Crippen molar-refractivity contribution < 1.29 is 23.7 Å². The summed E-state index contributed by atoms with van der Waals surface area (Å²) in [4.78, 5) is 12.7. The Balaban J connectivity index is 1.41. The molecule has 0 aromatic heterocycles. The van der Waals surface area contributed by atoms with Crippen LogP contribution in [0.4, 0.5) is 0 Å². The van der Waals surface area contributed by atoms with Crippen LogP contribution in [0.25, 0.3) is 0 Å². The molecular weight excluding hydrogens is 392 g/mol. The smallest absolute Gasteiger partial charge is 0.334 e. The Morgan fingerprint density at radius 2 is 1.71 bits per heavy atom. The van der Waals surface area contributed by atoms with Crippen molar-refractivity contribution in [3.63, 3.8) is 0 Å². The topological polar surface area (TPSA) is 63.9 Å². The molecule has 7 aliphatic rings. The van der Waals surface area contributed by atoms with Gasteiger partial charge in [-0.15, -0.1) is 0 Å². The standard InChI is InChI=1S/C26H36O5/c1-11(2)14-9-23(7)16(15-10-28-22(27)18(14)15)8-17-25(29-17)19(12(3)4)24(13(5)6)20(30-24)21-26(23,25)31-21/h11-14,16-17,19-21H,8-10H2,1-7H3/t14?,16-,17-,19?,20-,21-,23-,24+,25+,26+/m0/s1. The van der Waals surface area contributed by atoms with E-state index in [0.29, 0.717) is 36.2 Å². The number of cyclic esters (lactones) is 1. The van der Waals surface area contributed by atoms with E-state index in [1.165, 1.54) is 5.57 Å². The van der Waals surface area contributed by atoms with Gasteiger partial charge in [0.15, 0.2) is 0 Å². The van der Waals surface area contributed by atoms with E-state index in [9.17, 15) is 4.79 Å². The fourth-order valence-corrected chi connectivity index (χ4v) is 9.62. The summed E-state index contributed by atoms with van der Waals surface area (Å²) >= 11 is 0. The Labute approximate surface area is 185 Å². The highest BCUT2D eigenvalue weighted by molar-refractivity contribution is 5.93. The molecule has 10 atom stereocenters. The van der Waals surface area contributed by atoms with E-state index in [-0.39, 0.29) is 52.4 Å². The molecule has 0 aromatic carbocycles. The molecule has 31 heavy (non-hydrogen) atoms. The maximum atomic E-state index is 12.7. The van der Waals surface area contributed by atoms with Crippen molar-refractivity contribution in [3.8, 4) is 0 Å². The van der Waals surface area contributed by atoms with E-state index in [0.717, 1.165) is 18.4 Å². The monoisotopic (exact) mass is 428 g/mol. The van der Waals surface area contributed by atoms with Crippen LogP contribution in [0.1, 0.15) is 61.3 Å². The lowest BCUT2D eigenvalue weighted by molar-refractivity contribution is -0.136. The quantitative estimate of drug-likeness (QED) is 0.504. The number of carbonyl (C=O) groups excluding carboxylic acids is 1. The van der Waals surface area contributed by atoms with Gasteiger partial charge >= 0.3 is 5.97 Å². The summed E-state index contributed by atoms with van der Waals surface area (Å²) in [5, 5.41) is 0. The zero-order valence-corrected chi connectivity index (χ0v) is 19.9. The van der Waals surface area contributed by atoms with Gasteiger partial charge in [0.05, 0.1) is 6.10 Å². The second-order valence-electron chi connectivity index (χ2n) is 12.7. The van der Waals surface area contributed by atoms with Crippen molar-refractivity contribution in [3.05, 3.63) is 11.1 Å². The fourth-order valence-electron chi connectivity index (χ4n) is 9.62. The molecule has 3 aliphatic carbocycles. The number of carbonyl (C=O) groups is 1. The first-order chi connectivity index (χ1) is 14.6. The van der Waals surface area contributed by atoms with Gasteiger partial charge in [-0.2, -0.15) is 0 Å². The zero-order chi connectivity index (χ0) is 21.9. The molecule has 3 saturated heterocycles. The Bertz CT molecular complexity index is 936. The van der Waals surface area contributed by atoms with Crippen LogP contribution in [0.3, 0.4) is 0 Å². The first-order valence-corrected chi connectivity index (χ1v) is 12.5. The first kappa shape index (κ1) is 19.5. The molecule has 2 saturated carbocycles. The van der Waals surface area contributed by atoms with Crippen LogP contribution < -0.4 is 0 Å². The lowest BCUT2D eigenvalue weighted by Gasteiger charge is -2.56. The third-order valence-corrected chi connectivity index (χ3v) is 10.7. The summed E-state index contributed by atoms with van der Waals surface area (Å²) in [6, 6.07) is 0. The molecule has 4 heterocycles. The Morgan fingerprint density at radius 3 is 2.35 bits per heavy atom. The normalized spacial score (nSPS) is 57.7. The van der Waals surface area contributed by atoms with E-state index < -0.39 is 0 Å². The second kappa shape index (κ2) is 5.26. The van der Waals surface area contributed by atoms with Gasteiger partial charge in [-0.05, 0) is 48.0 Å². The summed E-state index contributed by atoms with van der Waals surface area (Å²) < 4.78 is 26.0. The Hall–Kier alpha value is -0.910. The van der Waals surface area contributed by atoms with Gasteiger partial charge in [-0.3, -0.25) is 0 Å². The van der Waals surface area contributed by atoms with Crippen molar-refractivity contribution in [1.82, 2.24) is 0 Å². The van der Waals surface area contributed by atoms with E-state index in [4.69, 9.17) is 18.9 Å². The molecule has 5 heteroatoms. The molecular formula is C26H36O5. The third kappa shape index (κ3) is 1.76. The predicted octanol–water partition coefficient (Wildman–Crippen LogP) is 3.90. The molecule has 2 spiro atoms. The number of hydrogen-bond donors (Lipinski definition) is 0. The van der Waals surface area contributed by atoms with Crippen LogP contribution in [0, 0.1) is 40.9 Å². The van der Waals surface area contributed by atoms with Gasteiger partial charge in [0.1, 0.15) is 35.6 Å². The molecule has 0 radical (unpaired) electrons. The van der Waals surface area contributed by atoms with Crippen LogP contribution in [0.5, 0.6) is 0 Å². The van der Waals surface area contributed by atoms with Gasteiger partial charge in [-0.25, -0.2) is 4.79 Å². The number of epoxide rings is 3. The number of rotatable bonds is 3. The highest BCUT2D eigenvalue weighted by atomic mass is 16.7. The maximum absolute atomic E-state index is 12.7. The minimum atomic E-state index is -0.292. The molecule has 2 unspecified atom stereocenters.